The molecule has 1 aromatic heterocycles. The molecule has 0 spiro atoms. The number of anilines is 1. The van der Waals surface area contributed by atoms with Crippen molar-refractivity contribution in [3.05, 3.63) is 57.4 Å². The van der Waals surface area contributed by atoms with Crippen molar-refractivity contribution < 1.29 is 19.8 Å². The van der Waals surface area contributed by atoms with Crippen molar-refractivity contribution in [2.75, 3.05) is 5.32 Å². The van der Waals surface area contributed by atoms with Crippen molar-refractivity contribution in [2.24, 2.45) is 0 Å². The third kappa shape index (κ3) is 2.81. The predicted molar refractivity (Wildman–Crippen MR) is 94.6 cm³/mol. The van der Waals surface area contributed by atoms with E-state index in [9.17, 15) is 14.7 Å². The van der Waals surface area contributed by atoms with Gasteiger partial charge in [-0.05, 0) is 30.7 Å². The highest BCUT2D eigenvalue weighted by atomic mass is 35.5. The number of hydrogen-bond donors (Lipinski definition) is 3. The summed E-state index contributed by atoms with van der Waals surface area (Å²) in [6.45, 7) is 1.56. The van der Waals surface area contributed by atoms with Crippen LogP contribution in [0.25, 0.3) is 10.1 Å². The second-order valence-electron chi connectivity index (χ2n) is 5.19. The fourth-order valence-electron chi connectivity index (χ4n) is 2.36. The van der Waals surface area contributed by atoms with E-state index in [4.69, 9.17) is 16.7 Å². The molecule has 1 heterocycles. The normalized spacial score (nSPS) is 10.8. The highest BCUT2D eigenvalue weighted by Gasteiger charge is 2.19. The molecule has 0 aliphatic heterocycles. The lowest BCUT2D eigenvalue weighted by Crippen LogP contribution is -2.11. The Bertz CT molecular complexity index is 980. The number of thiophene rings is 1. The van der Waals surface area contributed by atoms with Gasteiger partial charge in [0.15, 0.2) is 0 Å². The van der Waals surface area contributed by atoms with Gasteiger partial charge in [0, 0.05) is 15.8 Å². The summed E-state index contributed by atoms with van der Waals surface area (Å²) in [7, 11) is 0. The summed E-state index contributed by atoms with van der Waals surface area (Å²) in [5.74, 6) is -2.02. The van der Waals surface area contributed by atoms with Gasteiger partial charge in [-0.3, -0.25) is 4.79 Å². The topological polar surface area (TPSA) is 86.6 Å². The van der Waals surface area contributed by atoms with Gasteiger partial charge in [0.2, 0.25) is 0 Å². The van der Waals surface area contributed by atoms with Gasteiger partial charge < -0.3 is 15.5 Å². The first-order valence-electron chi connectivity index (χ1n) is 6.93. The molecule has 0 aliphatic carbocycles. The lowest BCUT2D eigenvalue weighted by molar-refractivity contribution is 0.0693. The first-order chi connectivity index (χ1) is 11.4. The molecule has 0 bridgehead atoms. The van der Waals surface area contributed by atoms with Crippen LogP contribution in [-0.2, 0) is 0 Å². The number of carbonyl (C=O) groups excluding carboxylic acids is 1. The van der Waals surface area contributed by atoms with Crippen LogP contribution < -0.4 is 5.32 Å². The largest absolute Gasteiger partial charge is 0.507 e. The molecule has 0 saturated carbocycles. The van der Waals surface area contributed by atoms with E-state index in [0.717, 1.165) is 10.1 Å². The summed E-state index contributed by atoms with van der Waals surface area (Å²) >= 11 is 7.53. The van der Waals surface area contributed by atoms with Crippen molar-refractivity contribution in [2.45, 2.75) is 6.92 Å². The van der Waals surface area contributed by atoms with Crippen LogP contribution in [0.4, 0.5) is 5.69 Å². The molecular formula is C17H12ClNO4S. The first-order valence-corrected chi connectivity index (χ1v) is 8.13. The number of fused-ring (bicyclic) bond motifs is 1. The second kappa shape index (κ2) is 6.14. The molecule has 1 amide bonds. The van der Waals surface area contributed by atoms with Crippen LogP contribution >= 0.6 is 22.9 Å². The number of carboxylic acids is 1. The zero-order valence-corrected chi connectivity index (χ0v) is 14.0. The minimum atomic E-state index is -1.27. The Balaban J connectivity index is 1.97. The molecule has 0 radical (unpaired) electrons. The van der Waals surface area contributed by atoms with E-state index in [1.165, 1.54) is 23.5 Å². The summed E-state index contributed by atoms with van der Waals surface area (Å²) in [6.07, 6.45) is 0. The number of halogens is 1. The molecule has 3 N–H and O–H groups in total. The van der Waals surface area contributed by atoms with Crippen LogP contribution in [0.2, 0.25) is 5.02 Å². The lowest BCUT2D eigenvalue weighted by atomic mass is 10.1. The predicted octanol–water partition coefficient (Wildman–Crippen LogP) is 4.52. The SMILES string of the molecule is Cc1cc(NC(=O)c2sc3ccccc3c2Cl)cc(C(=O)O)c1O. The molecule has 5 nitrogen and oxygen atoms in total. The maximum absolute atomic E-state index is 12.5. The molecule has 122 valence electrons. The van der Waals surface area contributed by atoms with Gasteiger partial charge in [-0.15, -0.1) is 11.3 Å². The Kier molecular flexibility index (Phi) is 4.17. The quantitative estimate of drug-likeness (QED) is 0.598. The highest BCUT2D eigenvalue weighted by molar-refractivity contribution is 7.21. The fourth-order valence-corrected chi connectivity index (χ4v) is 3.77. The summed E-state index contributed by atoms with van der Waals surface area (Å²) in [5, 5.41) is 22.7. The van der Waals surface area contributed by atoms with Gasteiger partial charge >= 0.3 is 5.97 Å². The fraction of sp³-hybridized carbons (Fsp3) is 0.0588. The molecule has 3 rings (SSSR count). The van der Waals surface area contributed by atoms with E-state index in [1.54, 1.807) is 6.92 Å². The average molecular weight is 362 g/mol. The molecule has 0 aliphatic rings. The number of aromatic carboxylic acids is 1. The number of carboxylic acid groups (broad SMARTS) is 1. The van der Waals surface area contributed by atoms with Crippen LogP contribution in [0.15, 0.2) is 36.4 Å². The lowest BCUT2D eigenvalue weighted by Gasteiger charge is -2.09. The Morgan fingerprint density at radius 3 is 2.58 bits per heavy atom. The number of nitrogens with one attached hydrogen (secondary N) is 1. The van der Waals surface area contributed by atoms with Crippen molar-refractivity contribution >= 4 is 50.6 Å². The maximum atomic E-state index is 12.5. The van der Waals surface area contributed by atoms with Crippen LogP contribution in [0.1, 0.15) is 25.6 Å². The minimum Gasteiger partial charge on any atom is -0.507 e. The van der Waals surface area contributed by atoms with Crippen LogP contribution in [-0.4, -0.2) is 22.1 Å². The number of amides is 1. The third-order valence-corrected chi connectivity index (χ3v) is 5.20. The van der Waals surface area contributed by atoms with Gasteiger partial charge in [0.05, 0.1) is 5.02 Å². The Morgan fingerprint density at radius 2 is 1.92 bits per heavy atom. The Hall–Kier alpha value is -2.57. The average Bonchev–Trinajstić information content (AvgIpc) is 2.88. The molecule has 0 atom stereocenters. The third-order valence-electron chi connectivity index (χ3n) is 3.53. The zero-order chi connectivity index (χ0) is 17.4. The summed E-state index contributed by atoms with van der Waals surface area (Å²) in [4.78, 5) is 24.0. The number of aryl methyl sites for hydroxylation is 1. The van der Waals surface area contributed by atoms with E-state index >= 15 is 0 Å². The number of hydrogen-bond acceptors (Lipinski definition) is 4. The Labute approximate surface area is 146 Å². The maximum Gasteiger partial charge on any atom is 0.339 e. The standard InChI is InChI=1S/C17H12ClNO4S/c1-8-6-9(7-11(14(8)20)17(22)23)19-16(21)15-13(18)10-4-2-3-5-12(10)24-15/h2-7,20H,1H3,(H,19,21)(H,22,23). The van der Waals surface area contributed by atoms with Crippen molar-refractivity contribution in [3.63, 3.8) is 0 Å². The van der Waals surface area contributed by atoms with Gasteiger partial charge in [-0.2, -0.15) is 0 Å². The number of aromatic hydroxyl groups is 1. The van der Waals surface area contributed by atoms with E-state index in [0.29, 0.717) is 15.5 Å². The summed E-state index contributed by atoms with van der Waals surface area (Å²) in [6, 6.07) is 10.1. The number of benzene rings is 2. The highest BCUT2D eigenvalue weighted by Crippen LogP contribution is 2.36. The van der Waals surface area contributed by atoms with Crippen LogP contribution in [0.3, 0.4) is 0 Å². The van der Waals surface area contributed by atoms with Gasteiger partial charge in [0.1, 0.15) is 16.2 Å². The van der Waals surface area contributed by atoms with E-state index < -0.39 is 11.9 Å². The molecule has 0 unspecified atom stereocenters. The van der Waals surface area contributed by atoms with Crippen molar-refractivity contribution in [1.29, 1.82) is 0 Å². The van der Waals surface area contributed by atoms with E-state index in [-0.39, 0.29) is 17.0 Å². The number of carbonyl (C=O) groups is 2. The molecule has 2 aromatic carbocycles. The summed E-state index contributed by atoms with van der Waals surface area (Å²) in [5.41, 5.74) is 0.363. The monoisotopic (exact) mass is 361 g/mol. The van der Waals surface area contributed by atoms with Crippen LogP contribution in [0.5, 0.6) is 5.75 Å². The number of rotatable bonds is 3. The molecule has 0 fully saturated rings. The minimum absolute atomic E-state index is 0.271. The molecule has 7 heteroatoms. The Morgan fingerprint density at radius 1 is 1.21 bits per heavy atom. The molecule has 0 saturated heterocycles. The van der Waals surface area contributed by atoms with Crippen molar-refractivity contribution in [3.8, 4) is 5.75 Å². The molecule has 3 aromatic rings. The van der Waals surface area contributed by atoms with Gasteiger partial charge in [-0.1, -0.05) is 29.8 Å². The van der Waals surface area contributed by atoms with E-state index in [1.807, 2.05) is 24.3 Å². The van der Waals surface area contributed by atoms with Gasteiger partial charge in [-0.25, -0.2) is 4.79 Å². The molecule has 24 heavy (non-hydrogen) atoms. The second-order valence-corrected chi connectivity index (χ2v) is 6.62. The number of phenols is 1. The summed E-state index contributed by atoms with van der Waals surface area (Å²) < 4.78 is 0.890. The smallest absolute Gasteiger partial charge is 0.339 e. The van der Waals surface area contributed by atoms with Crippen LogP contribution in [0, 0.1) is 6.92 Å². The van der Waals surface area contributed by atoms with E-state index in [2.05, 4.69) is 5.32 Å². The van der Waals surface area contributed by atoms with Gasteiger partial charge in [0.25, 0.3) is 5.91 Å². The van der Waals surface area contributed by atoms with Crippen molar-refractivity contribution in [1.82, 2.24) is 0 Å². The zero-order valence-electron chi connectivity index (χ0n) is 12.5. The first kappa shape index (κ1) is 16.3. The molecular weight excluding hydrogens is 350 g/mol.